The molecule has 1 N–H and O–H groups in total. The number of carbonyl (C=O) groups excluding carboxylic acids is 1. The van der Waals surface area contributed by atoms with Crippen LogP contribution in [-0.4, -0.2) is 43.5 Å². The molecule has 1 heterocycles. The van der Waals surface area contributed by atoms with Gasteiger partial charge in [-0.15, -0.1) is 0 Å². The van der Waals surface area contributed by atoms with Gasteiger partial charge in [0.15, 0.2) is 0 Å². The molecule has 0 radical (unpaired) electrons. The number of nitrogens with one attached hydrogen (secondary N) is 1. The van der Waals surface area contributed by atoms with Gasteiger partial charge >= 0.3 is 0 Å². The van der Waals surface area contributed by atoms with Crippen molar-refractivity contribution in [3.8, 4) is 0 Å². The van der Waals surface area contributed by atoms with Crippen LogP contribution in [0.15, 0.2) is 36.4 Å². The van der Waals surface area contributed by atoms with Crippen molar-refractivity contribution in [3.05, 3.63) is 64.7 Å². The fraction of sp³-hybridized carbons (Fsp3) is 0.409. The van der Waals surface area contributed by atoms with E-state index in [1.54, 1.807) is 6.92 Å². The molecule has 0 saturated carbocycles. The van der Waals surface area contributed by atoms with Crippen molar-refractivity contribution in [2.45, 2.75) is 26.8 Å². The van der Waals surface area contributed by atoms with E-state index >= 15 is 0 Å². The summed E-state index contributed by atoms with van der Waals surface area (Å²) < 4.78 is 26.9. The smallest absolute Gasteiger partial charge is 0.236 e. The zero-order valence-electron chi connectivity index (χ0n) is 16.6. The van der Waals surface area contributed by atoms with Crippen LogP contribution in [0.25, 0.3) is 0 Å². The normalized spacial score (nSPS) is 15.6. The fourth-order valence-corrected chi connectivity index (χ4v) is 3.59. The van der Waals surface area contributed by atoms with E-state index in [-0.39, 0.29) is 18.5 Å². The molecule has 3 rings (SSSR count). The number of carbonyl (C=O) groups is 1. The van der Waals surface area contributed by atoms with Crippen molar-refractivity contribution in [2.75, 3.05) is 37.6 Å². The minimum atomic E-state index is -0.605. The highest BCUT2D eigenvalue weighted by atomic mass is 19.1. The number of hydrogen-bond acceptors (Lipinski definition) is 3. The summed E-state index contributed by atoms with van der Waals surface area (Å²) in [5.74, 6) is -1.21. The van der Waals surface area contributed by atoms with Gasteiger partial charge in [-0.05, 0) is 44.0 Å². The molecule has 0 spiro atoms. The Kier molecular flexibility index (Phi) is 6.29. The van der Waals surface area contributed by atoms with E-state index in [1.807, 2.05) is 4.90 Å². The van der Waals surface area contributed by atoms with Gasteiger partial charge < -0.3 is 15.1 Å². The number of benzene rings is 2. The highest BCUT2D eigenvalue weighted by molar-refractivity contribution is 5.78. The third kappa shape index (κ3) is 4.50. The summed E-state index contributed by atoms with van der Waals surface area (Å²) in [5, 5.41) is 3.05. The lowest BCUT2D eigenvalue weighted by atomic mass is 10.1. The average Bonchev–Trinajstić information content (AvgIpc) is 2.68. The lowest BCUT2D eigenvalue weighted by Gasteiger charge is -2.37. The topological polar surface area (TPSA) is 35.6 Å². The Bertz CT molecular complexity index is 848. The van der Waals surface area contributed by atoms with Crippen molar-refractivity contribution < 1.29 is 13.6 Å². The van der Waals surface area contributed by atoms with E-state index in [0.29, 0.717) is 18.7 Å². The van der Waals surface area contributed by atoms with Crippen LogP contribution in [0.5, 0.6) is 0 Å². The second-order valence-corrected chi connectivity index (χ2v) is 7.36. The van der Waals surface area contributed by atoms with E-state index < -0.39 is 11.6 Å². The lowest BCUT2D eigenvalue weighted by molar-refractivity contribution is -0.130. The Morgan fingerprint density at radius 2 is 1.82 bits per heavy atom. The van der Waals surface area contributed by atoms with Crippen LogP contribution in [0.1, 0.15) is 29.7 Å². The van der Waals surface area contributed by atoms with Crippen LogP contribution in [0.2, 0.25) is 0 Å². The number of halogens is 2. The fourth-order valence-electron chi connectivity index (χ4n) is 3.59. The highest BCUT2D eigenvalue weighted by Crippen LogP contribution is 2.24. The number of nitrogens with zero attached hydrogens (tertiary/aromatic N) is 2. The summed E-state index contributed by atoms with van der Waals surface area (Å²) in [7, 11) is 0. The van der Waals surface area contributed by atoms with Crippen LogP contribution >= 0.6 is 0 Å². The van der Waals surface area contributed by atoms with Gasteiger partial charge in [-0.2, -0.15) is 0 Å². The molecule has 1 saturated heterocycles. The second-order valence-electron chi connectivity index (χ2n) is 7.36. The average molecular weight is 387 g/mol. The maximum Gasteiger partial charge on any atom is 0.236 e. The summed E-state index contributed by atoms with van der Waals surface area (Å²) in [5.41, 5.74) is 4.13. The van der Waals surface area contributed by atoms with Crippen molar-refractivity contribution >= 4 is 11.6 Å². The molecule has 0 aromatic heterocycles. The zero-order chi connectivity index (χ0) is 20.3. The van der Waals surface area contributed by atoms with Gasteiger partial charge in [0.25, 0.3) is 0 Å². The molecule has 0 bridgehead atoms. The first-order valence-corrected chi connectivity index (χ1v) is 9.64. The predicted octanol–water partition coefficient (Wildman–Crippen LogP) is 3.58. The predicted molar refractivity (Wildman–Crippen MR) is 107 cm³/mol. The molecule has 1 aliphatic rings. The van der Waals surface area contributed by atoms with E-state index in [0.717, 1.165) is 19.2 Å². The van der Waals surface area contributed by atoms with E-state index in [9.17, 15) is 13.6 Å². The van der Waals surface area contributed by atoms with Gasteiger partial charge in [-0.3, -0.25) is 4.79 Å². The Hall–Kier alpha value is -2.47. The van der Waals surface area contributed by atoms with Gasteiger partial charge in [0.1, 0.15) is 11.6 Å². The molecule has 0 aliphatic carbocycles. The quantitative estimate of drug-likeness (QED) is 0.852. The number of amides is 1. The van der Waals surface area contributed by atoms with Crippen LogP contribution in [0.3, 0.4) is 0 Å². The number of piperazine rings is 1. The molecule has 0 unspecified atom stereocenters. The lowest BCUT2D eigenvalue weighted by Crippen LogP contribution is -2.51. The minimum Gasteiger partial charge on any atom is -0.368 e. The minimum absolute atomic E-state index is 0.00464. The van der Waals surface area contributed by atoms with Gasteiger partial charge in [0.2, 0.25) is 5.91 Å². The number of aryl methyl sites for hydroxylation is 1. The third-order valence-electron chi connectivity index (χ3n) is 5.54. The largest absolute Gasteiger partial charge is 0.368 e. The summed E-state index contributed by atoms with van der Waals surface area (Å²) in [6.45, 7) is 9.03. The van der Waals surface area contributed by atoms with Crippen LogP contribution in [-0.2, 0) is 4.79 Å². The Balaban J connectivity index is 1.52. The monoisotopic (exact) mass is 387 g/mol. The first-order chi connectivity index (χ1) is 13.4. The van der Waals surface area contributed by atoms with Crippen molar-refractivity contribution in [1.29, 1.82) is 0 Å². The highest BCUT2D eigenvalue weighted by Gasteiger charge is 2.23. The van der Waals surface area contributed by atoms with Crippen LogP contribution < -0.4 is 10.2 Å². The van der Waals surface area contributed by atoms with Crippen molar-refractivity contribution in [2.24, 2.45) is 0 Å². The summed E-state index contributed by atoms with van der Waals surface area (Å²) in [6, 6.07) is 9.42. The zero-order valence-corrected chi connectivity index (χ0v) is 16.6. The SMILES string of the molecule is Cc1cccc(N2CCN(C(=O)CN[C@@H](C)c3ccc(F)cc3F)CC2)c1C. The molecule has 28 heavy (non-hydrogen) atoms. The van der Waals surface area contributed by atoms with Gasteiger partial charge in [-0.1, -0.05) is 18.2 Å². The molecule has 6 heteroatoms. The first kappa shape index (κ1) is 20.3. The summed E-state index contributed by atoms with van der Waals surface area (Å²) in [6.07, 6.45) is 0. The standard InChI is InChI=1S/C22H27F2N3O/c1-15-5-4-6-21(16(15)2)26-9-11-27(12-10-26)22(28)14-25-17(3)19-8-7-18(23)13-20(19)24/h4-8,13,17,25H,9-12,14H2,1-3H3/t17-/m0/s1. The van der Waals surface area contributed by atoms with Gasteiger partial charge in [0, 0.05) is 49.5 Å². The molecular weight excluding hydrogens is 360 g/mol. The molecular formula is C22H27F2N3O. The number of hydrogen-bond donors (Lipinski definition) is 1. The molecule has 1 atom stereocenters. The summed E-state index contributed by atoms with van der Waals surface area (Å²) >= 11 is 0. The molecule has 1 fully saturated rings. The first-order valence-electron chi connectivity index (χ1n) is 9.64. The second kappa shape index (κ2) is 8.69. The maximum atomic E-state index is 13.9. The molecule has 1 amide bonds. The molecule has 2 aromatic carbocycles. The van der Waals surface area contributed by atoms with Crippen molar-refractivity contribution in [3.63, 3.8) is 0 Å². The number of anilines is 1. The molecule has 4 nitrogen and oxygen atoms in total. The Labute approximate surface area is 165 Å². The van der Waals surface area contributed by atoms with Crippen LogP contribution in [0, 0.1) is 25.5 Å². The van der Waals surface area contributed by atoms with E-state index in [1.165, 1.54) is 28.9 Å². The van der Waals surface area contributed by atoms with Crippen LogP contribution in [0.4, 0.5) is 14.5 Å². The molecule has 1 aliphatic heterocycles. The molecule has 150 valence electrons. The van der Waals surface area contributed by atoms with E-state index in [2.05, 4.69) is 42.3 Å². The number of rotatable bonds is 5. The maximum absolute atomic E-state index is 13.9. The van der Waals surface area contributed by atoms with E-state index in [4.69, 9.17) is 0 Å². The molecule has 2 aromatic rings. The summed E-state index contributed by atoms with van der Waals surface area (Å²) in [4.78, 5) is 16.7. The van der Waals surface area contributed by atoms with Gasteiger partial charge in [0.05, 0.1) is 6.54 Å². The van der Waals surface area contributed by atoms with Crippen molar-refractivity contribution in [1.82, 2.24) is 10.2 Å². The van der Waals surface area contributed by atoms with Gasteiger partial charge in [-0.25, -0.2) is 8.78 Å². The third-order valence-corrected chi connectivity index (χ3v) is 5.54. The Morgan fingerprint density at radius 1 is 1.11 bits per heavy atom. The Morgan fingerprint density at radius 3 is 2.50 bits per heavy atom.